The first-order valence-electron chi connectivity index (χ1n) is 11.3. The minimum Gasteiger partial charge on any atom is -0.376 e. The molecule has 35 heavy (non-hydrogen) atoms. The highest BCUT2D eigenvalue weighted by Gasteiger charge is 2.24. The van der Waals surface area contributed by atoms with Crippen LogP contribution in [0.25, 0.3) is 16.2 Å². The summed E-state index contributed by atoms with van der Waals surface area (Å²) in [6.45, 7) is 1.69. The molecule has 1 saturated heterocycles. The minimum atomic E-state index is -0.469. The van der Waals surface area contributed by atoms with Gasteiger partial charge in [-0.15, -0.1) is 11.3 Å². The molecule has 1 fully saturated rings. The first-order chi connectivity index (χ1) is 17.0. The minimum absolute atomic E-state index is 0.00393. The average molecular weight is 511 g/mol. The van der Waals surface area contributed by atoms with Gasteiger partial charge in [-0.2, -0.15) is 0 Å². The maximum Gasteiger partial charge on any atom is 0.269 e. The number of fused-ring (bicyclic) bond motifs is 1. The van der Waals surface area contributed by atoms with E-state index in [1.54, 1.807) is 16.2 Å². The lowest BCUT2D eigenvalue weighted by atomic mass is 10.1. The number of nitro groups is 1. The Balaban J connectivity index is 1.35. The van der Waals surface area contributed by atoms with Crippen molar-refractivity contribution in [1.82, 2.24) is 14.3 Å². The predicted octanol–water partition coefficient (Wildman–Crippen LogP) is 5.49. The van der Waals surface area contributed by atoms with Gasteiger partial charge in [0.2, 0.25) is 0 Å². The zero-order valence-corrected chi connectivity index (χ0v) is 20.4. The van der Waals surface area contributed by atoms with Crippen molar-refractivity contribution < 1.29 is 14.5 Å². The topological polar surface area (TPSA) is 90.0 Å². The summed E-state index contributed by atoms with van der Waals surface area (Å²) in [7, 11) is 0. The normalized spacial score (nSPS) is 15.5. The van der Waals surface area contributed by atoms with Crippen molar-refractivity contribution in [2.75, 3.05) is 19.7 Å². The number of carbonyl (C=O) groups is 1. The number of imidazole rings is 1. The Morgan fingerprint density at radius 3 is 2.69 bits per heavy atom. The van der Waals surface area contributed by atoms with Crippen LogP contribution in [0.5, 0.6) is 0 Å². The van der Waals surface area contributed by atoms with Crippen LogP contribution in [-0.2, 0) is 11.2 Å². The monoisotopic (exact) mass is 510 g/mol. The number of nitrogens with zero attached hydrogens (tertiary/aromatic N) is 4. The lowest BCUT2D eigenvalue weighted by molar-refractivity contribution is -0.384. The van der Waals surface area contributed by atoms with Crippen molar-refractivity contribution in [3.8, 4) is 11.3 Å². The summed E-state index contributed by atoms with van der Waals surface area (Å²) in [5.74, 6) is -0.158. The fourth-order valence-corrected chi connectivity index (χ4v) is 5.27. The van der Waals surface area contributed by atoms with Crippen LogP contribution in [0.1, 0.15) is 28.9 Å². The maximum atomic E-state index is 13.3. The Morgan fingerprint density at radius 1 is 1.23 bits per heavy atom. The fourth-order valence-electron chi connectivity index (χ4n) is 4.24. The van der Waals surface area contributed by atoms with Crippen LogP contribution in [0.4, 0.5) is 5.69 Å². The first-order valence-corrected chi connectivity index (χ1v) is 12.6. The molecule has 0 radical (unpaired) electrons. The fraction of sp³-hybridized carbons (Fsp3) is 0.280. The van der Waals surface area contributed by atoms with E-state index in [0.717, 1.165) is 34.8 Å². The predicted molar refractivity (Wildman–Crippen MR) is 135 cm³/mol. The van der Waals surface area contributed by atoms with Gasteiger partial charge in [0.1, 0.15) is 0 Å². The van der Waals surface area contributed by atoms with E-state index in [2.05, 4.69) is 9.78 Å². The molecular weight excluding hydrogens is 488 g/mol. The number of thiazole rings is 1. The molecule has 10 heteroatoms. The third kappa shape index (κ3) is 5.22. The van der Waals surface area contributed by atoms with Crippen LogP contribution in [0.15, 0.2) is 60.1 Å². The van der Waals surface area contributed by atoms with Gasteiger partial charge in [0, 0.05) is 71.7 Å². The Labute approximate surface area is 210 Å². The average Bonchev–Trinajstić information content (AvgIpc) is 3.60. The van der Waals surface area contributed by atoms with Crippen molar-refractivity contribution in [3.63, 3.8) is 0 Å². The highest BCUT2D eigenvalue weighted by atomic mass is 35.5. The number of aromatic nitrogens is 2. The van der Waals surface area contributed by atoms with Gasteiger partial charge in [-0.05, 0) is 37.1 Å². The van der Waals surface area contributed by atoms with Gasteiger partial charge < -0.3 is 9.64 Å². The summed E-state index contributed by atoms with van der Waals surface area (Å²) < 4.78 is 7.85. The number of non-ortho nitro benzene ring substituents is 1. The van der Waals surface area contributed by atoms with Gasteiger partial charge >= 0.3 is 0 Å². The van der Waals surface area contributed by atoms with E-state index in [9.17, 15) is 14.9 Å². The van der Waals surface area contributed by atoms with Crippen molar-refractivity contribution in [2.24, 2.45) is 0 Å². The number of hydrogen-bond donors (Lipinski definition) is 0. The molecular formula is C25H23ClN4O4S. The summed E-state index contributed by atoms with van der Waals surface area (Å²) in [6.07, 6.45) is 4.55. The molecule has 5 rings (SSSR count). The second-order valence-electron chi connectivity index (χ2n) is 8.45. The molecule has 180 valence electrons. The lowest BCUT2D eigenvalue weighted by Gasteiger charge is -2.25. The number of ether oxygens (including phenoxy) is 1. The molecule has 2 aromatic carbocycles. The molecule has 0 spiro atoms. The SMILES string of the molecule is O=C(c1ccc([N+](=O)[O-])cc1)N(CCc1csc2nc(-c3ccc(Cl)cc3)cn12)CC1CCCO1. The summed E-state index contributed by atoms with van der Waals surface area (Å²) >= 11 is 7.57. The van der Waals surface area contributed by atoms with E-state index in [4.69, 9.17) is 21.3 Å². The van der Waals surface area contributed by atoms with E-state index in [1.165, 1.54) is 24.3 Å². The summed E-state index contributed by atoms with van der Waals surface area (Å²) in [5, 5.41) is 13.7. The molecule has 1 amide bonds. The zero-order valence-electron chi connectivity index (χ0n) is 18.8. The van der Waals surface area contributed by atoms with Crippen LogP contribution in [-0.4, -0.2) is 50.9 Å². The molecule has 0 N–H and O–H groups in total. The van der Waals surface area contributed by atoms with Gasteiger partial charge in [0.05, 0.1) is 16.7 Å². The number of halogens is 1. The number of benzene rings is 2. The lowest BCUT2D eigenvalue weighted by Crippen LogP contribution is -2.38. The van der Waals surface area contributed by atoms with Gasteiger partial charge in [0.25, 0.3) is 11.6 Å². The van der Waals surface area contributed by atoms with E-state index in [0.29, 0.717) is 36.7 Å². The summed E-state index contributed by atoms with van der Waals surface area (Å²) in [5.41, 5.74) is 3.31. The first kappa shape index (κ1) is 23.5. The van der Waals surface area contributed by atoms with Crippen LogP contribution in [0, 0.1) is 10.1 Å². The molecule has 3 heterocycles. The van der Waals surface area contributed by atoms with Crippen LogP contribution in [0.3, 0.4) is 0 Å². The molecule has 0 aliphatic carbocycles. The van der Waals surface area contributed by atoms with Gasteiger partial charge in [-0.1, -0.05) is 23.7 Å². The zero-order chi connectivity index (χ0) is 24.4. The highest BCUT2D eigenvalue weighted by molar-refractivity contribution is 7.15. The third-order valence-electron chi connectivity index (χ3n) is 6.12. The number of nitro benzene ring substituents is 1. The van der Waals surface area contributed by atoms with Gasteiger partial charge in [-0.3, -0.25) is 19.3 Å². The Morgan fingerprint density at radius 2 is 2.00 bits per heavy atom. The largest absolute Gasteiger partial charge is 0.376 e. The smallest absolute Gasteiger partial charge is 0.269 e. The Hall–Kier alpha value is -3.27. The van der Waals surface area contributed by atoms with Crippen molar-refractivity contribution in [2.45, 2.75) is 25.4 Å². The van der Waals surface area contributed by atoms with E-state index in [-0.39, 0.29) is 17.7 Å². The number of rotatable bonds is 8. The molecule has 4 aromatic rings. The highest BCUT2D eigenvalue weighted by Crippen LogP contribution is 2.25. The van der Waals surface area contributed by atoms with Gasteiger partial charge in [-0.25, -0.2) is 4.98 Å². The van der Waals surface area contributed by atoms with E-state index < -0.39 is 4.92 Å². The van der Waals surface area contributed by atoms with Crippen molar-refractivity contribution in [3.05, 3.63) is 86.5 Å². The molecule has 0 bridgehead atoms. The third-order valence-corrected chi connectivity index (χ3v) is 7.26. The van der Waals surface area contributed by atoms with Crippen molar-refractivity contribution in [1.29, 1.82) is 0 Å². The Kier molecular flexibility index (Phi) is 6.81. The number of amides is 1. The van der Waals surface area contributed by atoms with Crippen LogP contribution >= 0.6 is 22.9 Å². The number of hydrogen-bond acceptors (Lipinski definition) is 6. The quantitative estimate of drug-likeness (QED) is 0.231. The van der Waals surface area contributed by atoms with Crippen LogP contribution < -0.4 is 0 Å². The molecule has 0 saturated carbocycles. The van der Waals surface area contributed by atoms with Crippen LogP contribution in [0.2, 0.25) is 5.02 Å². The van der Waals surface area contributed by atoms with E-state index in [1.807, 2.05) is 30.5 Å². The Bertz CT molecular complexity index is 1340. The van der Waals surface area contributed by atoms with E-state index >= 15 is 0 Å². The molecule has 8 nitrogen and oxygen atoms in total. The maximum absolute atomic E-state index is 13.3. The summed E-state index contributed by atoms with van der Waals surface area (Å²) in [6, 6.07) is 13.3. The molecule has 2 aromatic heterocycles. The standard InChI is InChI=1S/C25H23ClN4O4S/c26-19-7-3-17(4-8-19)23-15-29-21(16-35-25(29)27-23)11-12-28(14-22-2-1-13-34-22)24(31)18-5-9-20(10-6-18)30(32)33/h3-10,15-16,22H,1-2,11-14H2. The summed E-state index contributed by atoms with van der Waals surface area (Å²) in [4.78, 5) is 31.2. The number of carbonyl (C=O) groups excluding carboxylic acids is 1. The molecule has 1 atom stereocenters. The van der Waals surface area contributed by atoms with Gasteiger partial charge in [0.15, 0.2) is 4.96 Å². The molecule has 1 aliphatic rings. The van der Waals surface area contributed by atoms with Crippen molar-refractivity contribution >= 4 is 39.5 Å². The second-order valence-corrected chi connectivity index (χ2v) is 9.73. The molecule has 1 aliphatic heterocycles. The second kappa shape index (κ2) is 10.2. The molecule has 1 unspecified atom stereocenters.